The summed E-state index contributed by atoms with van der Waals surface area (Å²) in [5, 5.41) is 0. The van der Waals surface area contributed by atoms with Gasteiger partial charge in [-0.15, -0.1) is 0 Å². The van der Waals surface area contributed by atoms with Gasteiger partial charge in [0, 0.05) is 0 Å². The third-order valence-electron chi connectivity index (χ3n) is 8.69. The first-order valence-corrected chi connectivity index (χ1v) is 18.8. The van der Waals surface area contributed by atoms with E-state index >= 15 is 0 Å². The van der Waals surface area contributed by atoms with Crippen LogP contribution in [0, 0.1) is 17.5 Å². The third kappa shape index (κ3) is 14.7. The van der Waals surface area contributed by atoms with Crippen LogP contribution in [0.2, 0.25) is 0 Å². The van der Waals surface area contributed by atoms with Crippen LogP contribution >= 0.6 is 0 Å². The number of carbonyl (C=O) groups is 3. The van der Waals surface area contributed by atoms with E-state index in [1.54, 1.807) is 6.92 Å². The number of rotatable bonds is 24. The summed E-state index contributed by atoms with van der Waals surface area (Å²) in [6.07, 6.45) is 17.6. The molecule has 10 heteroatoms. The zero-order chi connectivity index (χ0) is 37.7. The number of hydrogen-bond acceptors (Lipinski definition) is 7. The van der Waals surface area contributed by atoms with Crippen LogP contribution in [0.4, 0.5) is 13.2 Å². The Labute approximate surface area is 306 Å². The molecule has 0 radical (unpaired) electrons. The minimum absolute atomic E-state index is 0.00597. The largest absolute Gasteiger partial charge is 0.491 e. The van der Waals surface area contributed by atoms with Gasteiger partial charge in [0.15, 0.2) is 34.7 Å². The fourth-order valence-electron chi connectivity index (χ4n) is 5.60. The number of halogens is 3. The Morgan fingerprint density at radius 3 is 1.35 bits per heavy atom. The van der Waals surface area contributed by atoms with Crippen LogP contribution in [0.1, 0.15) is 155 Å². The lowest BCUT2D eigenvalue weighted by molar-refractivity contribution is 0.0318. The highest BCUT2D eigenvalue weighted by atomic mass is 19.1. The summed E-state index contributed by atoms with van der Waals surface area (Å²) in [7, 11) is 0. The van der Waals surface area contributed by atoms with E-state index in [0.29, 0.717) is 13.0 Å². The Kier molecular flexibility index (Phi) is 18.8. The molecule has 3 aromatic rings. The predicted octanol–water partition coefficient (Wildman–Crippen LogP) is 11.7. The Morgan fingerprint density at radius 2 is 0.904 bits per heavy atom. The van der Waals surface area contributed by atoms with E-state index in [-0.39, 0.29) is 28.5 Å². The molecule has 0 saturated heterocycles. The number of unbranched alkanes of at least 4 members (excludes halogenated alkanes) is 13. The number of benzene rings is 3. The summed E-state index contributed by atoms with van der Waals surface area (Å²) in [5.41, 5.74) is -0.495. The zero-order valence-electron chi connectivity index (χ0n) is 30.8. The number of esters is 3. The molecule has 0 bridgehead atoms. The molecule has 0 spiro atoms. The molecule has 1 unspecified atom stereocenters. The molecule has 0 amide bonds. The fraction of sp³-hybridized carbons (Fsp3) is 0.500. The van der Waals surface area contributed by atoms with E-state index in [0.717, 1.165) is 81.3 Å². The van der Waals surface area contributed by atoms with Crippen molar-refractivity contribution in [2.24, 2.45) is 0 Å². The summed E-state index contributed by atoms with van der Waals surface area (Å²) in [6, 6.07) is 9.80. The molecule has 0 fully saturated rings. The second kappa shape index (κ2) is 23.3. The summed E-state index contributed by atoms with van der Waals surface area (Å²) < 4.78 is 65.4. The van der Waals surface area contributed by atoms with E-state index in [1.807, 2.05) is 0 Å². The Bertz CT molecular complexity index is 1580. The number of hydrogen-bond donors (Lipinski definition) is 0. The van der Waals surface area contributed by atoms with Crippen LogP contribution in [0.25, 0.3) is 0 Å². The summed E-state index contributed by atoms with van der Waals surface area (Å²) in [5.74, 6) is -6.58. The second-order valence-electron chi connectivity index (χ2n) is 13.2. The molecule has 0 aliphatic carbocycles. The topological polar surface area (TPSA) is 88.1 Å². The molecule has 0 aromatic heterocycles. The summed E-state index contributed by atoms with van der Waals surface area (Å²) in [4.78, 5) is 37.7. The molecule has 0 N–H and O–H groups in total. The van der Waals surface area contributed by atoms with Gasteiger partial charge in [-0.3, -0.25) is 0 Å². The van der Waals surface area contributed by atoms with Crippen molar-refractivity contribution in [3.8, 4) is 17.2 Å². The van der Waals surface area contributed by atoms with Gasteiger partial charge in [0.1, 0.15) is 0 Å². The molecule has 1 atom stereocenters. The summed E-state index contributed by atoms with van der Waals surface area (Å²) in [6.45, 7) is 6.45. The van der Waals surface area contributed by atoms with Crippen LogP contribution in [-0.4, -0.2) is 30.6 Å². The first kappa shape index (κ1) is 42.1. The van der Waals surface area contributed by atoms with Gasteiger partial charge in [-0.05, 0) is 80.8 Å². The van der Waals surface area contributed by atoms with Crippen LogP contribution in [0.15, 0.2) is 54.6 Å². The molecule has 0 aliphatic rings. The molecule has 0 heterocycles. The summed E-state index contributed by atoms with van der Waals surface area (Å²) >= 11 is 0. The molecule has 0 saturated carbocycles. The Morgan fingerprint density at radius 1 is 0.519 bits per heavy atom. The lowest BCUT2D eigenvalue weighted by Crippen LogP contribution is -2.16. The third-order valence-corrected chi connectivity index (χ3v) is 8.69. The van der Waals surface area contributed by atoms with Crippen molar-refractivity contribution in [2.45, 2.75) is 130 Å². The van der Waals surface area contributed by atoms with E-state index in [1.165, 1.54) is 69.6 Å². The monoisotopic (exact) mass is 726 g/mol. The Balaban J connectivity index is 1.44. The smallest absolute Gasteiger partial charge is 0.343 e. The predicted molar refractivity (Wildman–Crippen MR) is 195 cm³/mol. The SMILES string of the molecule is CCCCCCCCCCCCCOc1ccc(C(=O)Oc2ccc(C(=O)Oc3ccc(C(=O)OC(C)CCCCCC)cc3F)cc2F)cc1F. The number of ether oxygens (including phenoxy) is 4. The lowest BCUT2D eigenvalue weighted by Gasteiger charge is -2.13. The standard InChI is InChI=1S/C42H53F3O7/c1-4-6-8-10-11-12-13-14-15-16-18-26-49-37-23-20-32(27-34(37)43)41(47)51-39-25-22-33(29-36(39)45)42(48)52-38-24-21-31(28-35(38)44)40(46)50-30(3)19-17-9-7-5-2/h20-25,27-30H,4-19,26H2,1-3H3. The quantitative estimate of drug-likeness (QED) is 0.0516. The van der Waals surface area contributed by atoms with Gasteiger partial charge in [-0.2, -0.15) is 0 Å². The van der Waals surface area contributed by atoms with Gasteiger partial charge in [-0.1, -0.05) is 97.3 Å². The van der Waals surface area contributed by atoms with Crippen molar-refractivity contribution in [1.29, 1.82) is 0 Å². The first-order chi connectivity index (χ1) is 25.1. The van der Waals surface area contributed by atoms with Crippen molar-refractivity contribution in [2.75, 3.05) is 6.61 Å². The van der Waals surface area contributed by atoms with E-state index in [2.05, 4.69) is 13.8 Å². The molecular weight excluding hydrogens is 673 g/mol. The zero-order valence-corrected chi connectivity index (χ0v) is 30.8. The minimum atomic E-state index is -1.09. The van der Waals surface area contributed by atoms with E-state index < -0.39 is 46.9 Å². The average Bonchev–Trinajstić information content (AvgIpc) is 3.12. The molecule has 0 aliphatic heterocycles. The Hall–Kier alpha value is -4.34. The van der Waals surface area contributed by atoms with Crippen LogP contribution < -0.4 is 14.2 Å². The lowest BCUT2D eigenvalue weighted by atomic mass is 10.1. The second-order valence-corrected chi connectivity index (χ2v) is 13.2. The highest BCUT2D eigenvalue weighted by molar-refractivity contribution is 5.93. The molecule has 52 heavy (non-hydrogen) atoms. The highest BCUT2D eigenvalue weighted by Gasteiger charge is 2.20. The van der Waals surface area contributed by atoms with Crippen molar-refractivity contribution >= 4 is 17.9 Å². The molecule has 284 valence electrons. The van der Waals surface area contributed by atoms with Crippen LogP contribution in [0.5, 0.6) is 17.2 Å². The molecule has 3 rings (SSSR count). The van der Waals surface area contributed by atoms with Crippen LogP contribution in [-0.2, 0) is 4.74 Å². The molecule has 3 aromatic carbocycles. The van der Waals surface area contributed by atoms with E-state index in [4.69, 9.17) is 18.9 Å². The van der Waals surface area contributed by atoms with Crippen LogP contribution in [0.3, 0.4) is 0 Å². The van der Waals surface area contributed by atoms with Gasteiger partial charge < -0.3 is 18.9 Å². The first-order valence-electron chi connectivity index (χ1n) is 18.8. The highest BCUT2D eigenvalue weighted by Crippen LogP contribution is 2.25. The van der Waals surface area contributed by atoms with E-state index in [9.17, 15) is 27.6 Å². The molecular formula is C42H53F3O7. The van der Waals surface area contributed by atoms with Crippen molar-refractivity contribution in [1.82, 2.24) is 0 Å². The number of carbonyl (C=O) groups excluding carboxylic acids is 3. The van der Waals surface area contributed by atoms with Gasteiger partial charge in [0.05, 0.1) is 29.4 Å². The maximum Gasteiger partial charge on any atom is 0.343 e. The van der Waals surface area contributed by atoms with Crippen molar-refractivity contribution in [3.05, 3.63) is 88.7 Å². The van der Waals surface area contributed by atoms with Gasteiger partial charge in [-0.25, -0.2) is 27.6 Å². The van der Waals surface area contributed by atoms with Crippen molar-refractivity contribution < 1.29 is 46.5 Å². The molecule has 7 nitrogen and oxygen atoms in total. The fourth-order valence-corrected chi connectivity index (χ4v) is 5.60. The normalized spacial score (nSPS) is 11.6. The maximum atomic E-state index is 14.9. The van der Waals surface area contributed by atoms with Gasteiger partial charge in [0.2, 0.25) is 0 Å². The van der Waals surface area contributed by atoms with Gasteiger partial charge in [0.25, 0.3) is 0 Å². The van der Waals surface area contributed by atoms with Crippen molar-refractivity contribution in [3.63, 3.8) is 0 Å². The van der Waals surface area contributed by atoms with Gasteiger partial charge >= 0.3 is 17.9 Å². The average molecular weight is 727 g/mol. The maximum absolute atomic E-state index is 14.9. The minimum Gasteiger partial charge on any atom is -0.491 e.